The van der Waals surface area contributed by atoms with Gasteiger partial charge in [0.25, 0.3) is 0 Å². The van der Waals surface area contributed by atoms with E-state index in [9.17, 15) is 10.2 Å². The Morgan fingerprint density at radius 1 is 1.06 bits per heavy atom. The van der Waals surface area contributed by atoms with Crippen LogP contribution >= 0.6 is 0 Å². The summed E-state index contributed by atoms with van der Waals surface area (Å²) in [5.74, 6) is 2.44. The molecule has 1 saturated carbocycles. The number of allylic oxidation sites excluding steroid dienone is 2. The van der Waals surface area contributed by atoms with E-state index in [1.165, 1.54) is 12.8 Å². The quantitative estimate of drug-likeness (QED) is 0.746. The zero-order valence-electron chi connectivity index (χ0n) is 9.13. The second-order valence-corrected chi connectivity index (χ2v) is 5.02. The molecule has 2 nitrogen and oxygen atoms in total. The van der Waals surface area contributed by atoms with Gasteiger partial charge in [-0.05, 0) is 49.1 Å². The molecule has 2 heteroatoms. The normalized spacial score (nSPS) is 31.1. The molecule has 0 heterocycles. The molecule has 2 aliphatic carbocycles. The molecule has 3 rings (SSSR count). The van der Waals surface area contributed by atoms with Crippen molar-refractivity contribution >= 4 is 0 Å². The maximum Gasteiger partial charge on any atom is 0.122 e. The minimum atomic E-state index is 0.228. The molecule has 0 aliphatic heterocycles. The number of hydrogen-bond acceptors (Lipinski definition) is 2. The van der Waals surface area contributed by atoms with Crippen LogP contribution in [-0.4, -0.2) is 10.2 Å². The van der Waals surface area contributed by atoms with E-state index in [0.717, 1.165) is 12.3 Å². The number of phenolic OH excluding ortho intramolecular Hbond substituents is 2. The van der Waals surface area contributed by atoms with Crippen molar-refractivity contribution in [2.75, 3.05) is 0 Å². The average Bonchev–Trinajstić information content (AvgIpc) is 2.85. The minimum Gasteiger partial charge on any atom is -0.508 e. The Morgan fingerprint density at radius 3 is 2.38 bits per heavy atom. The molecular formula is C14H16O2. The molecule has 0 amide bonds. The van der Waals surface area contributed by atoms with Crippen molar-refractivity contribution < 1.29 is 10.2 Å². The van der Waals surface area contributed by atoms with E-state index in [2.05, 4.69) is 12.2 Å². The highest BCUT2D eigenvalue weighted by Gasteiger charge is 2.36. The summed E-state index contributed by atoms with van der Waals surface area (Å²) in [5, 5.41) is 19.5. The molecular weight excluding hydrogens is 200 g/mol. The molecule has 2 aliphatic rings. The molecule has 1 fully saturated rings. The molecule has 1 aromatic carbocycles. The fourth-order valence-electron chi connectivity index (χ4n) is 3.16. The Labute approximate surface area is 95.2 Å². The van der Waals surface area contributed by atoms with Gasteiger partial charge in [-0.1, -0.05) is 18.2 Å². The summed E-state index contributed by atoms with van der Waals surface area (Å²) in [7, 11) is 0. The van der Waals surface area contributed by atoms with Gasteiger partial charge in [-0.2, -0.15) is 0 Å². The van der Waals surface area contributed by atoms with Gasteiger partial charge in [0.15, 0.2) is 0 Å². The summed E-state index contributed by atoms with van der Waals surface area (Å²) in [6.45, 7) is 0. The van der Waals surface area contributed by atoms with Gasteiger partial charge in [0, 0.05) is 5.56 Å². The van der Waals surface area contributed by atoms with Gasteiger partial charge in [-0.25, -0.2) is 0 Å². The Kier molecular flexibility index (Phi) is 2.16. The van der Waals surface area contributed by atoms with Crippen molar-refractivity contribution in [2.24, 2.45) is 17.8 Å². The fourth-order valence-corrected chi connectivity index (χ4v) is 3.16. The smallest absolute Gasteiger partial charge is 0.122 e. The van der Waals surface area contributed by atoms with Crippen LogP contribution in [0.2, 0.25) is 0 Å². The molecule has 3 atom stereocenters. The van der Waals surface area contributed by atoms with Crippen LogP contribution in [0, 0.1) is 17.8 Å². The van der Waals surface area contributed by atoms with Crippen LogP contribution < -0.4 is 0 Å². The highest BCUT2D eigenvalue weighted by Crippen LogP contribution is 2.46. The standard InChI is InChI=1S/C14H16O2/c15-13-2-1-3-14(16)12(13)8-11-7-9-4-5-10(11)6-9/h1-5,9-11,15-16H,6-8H2. The number of hydrogen-bond donors (Lipinski definition) is 2. The van der Waals surface area contributed by atoms with E-state index in [-0.39, 0.29) is 11.5 Å². The Bertz CT molecular complexity index is 416. The van der Waals surface area contributed by atoms with Gasteiger partial charge < -0.3 is 10.2 Å². The largest absolute Gasteiger partial charge is 0.508 e. The monoisotopic (exact) mass is 216 g/mol. The first-order chi connectivity index (χ1) is 7.74. The summed E-state index contributed by atoms with van der Waals surface area (Å²) in [6.07, 6.45) is 7.87. The third kappa shape index (κ3) is 1.49. The maximum atomic E-state index is 9.74. The van der Waals surface area contributed by atoms with Crippen molar-refractivity contribution in [3.63, 3.8) is 0 Å². The van der Waals surface area contributed by atoms with E-state index in [4.69, 9.17) is 0 Å². The molecule has 2 bridgehead atoms. The van der Waals surface area contributed by atoms with Crippen molar-refractivity contribution in [2.45, 2.75) is 19.3 Å². The summed E-state index contributed by atoms with van der Waals surface area (Å²) < 4.78 is 0. The molecule has 0 spiro atoms. The highest BCUT2D eigenvalue weighted by atomic mass is 16.3. The molecule has 3 unspecified atom stereocenters. The van der Waals surface area contributed by atoms with Crippen molar-refractivity contribution in [1.82, 2.24) is 0 Å². The van der Waals surface area contributed by atoms with E-state index in [1.54, 1.807) is 18.2 Å². The van der Waals surface area contributed by atoms with Gasteiger partial charge in [-0.3, -0.25) is 0 Å². The lowest BCUT2D eigenvalue weighted by atomic mass is 9.87. The molecule has 0 saturated heterocycles. The lowest BCUT2D eigenvalue weighted by Gasteiger charge is -2.19. The van der Waals surface area contributed by atoms with Crippen LogP contribution in [0.3, 0.4) is 0 Å². The van der Waals surface area contributed by atoms with Gasteiger partial charge in [0.2, 0.25) is 0 Å². The lowest BCUT2D eigenvalue weighted by Crippen LogP contribution is -2.10. The molecule has 2 N–H and O–H groups in total. The molecule has 0 aromatic heterocycles. The predicted octanol–water partition coefficient (Wildman–Crippen LogP) is 2.85. The maximum absolute atomic E-state index is 9.74. The van der Waals surface area contributed by atoms with Gasteiger partial charge in [-0.15, -0.1) is 0 Å². The molecule has 84 valence electrons. The lowest BCUT2D eigenvalue weighted by molar-refractivity contribution is 0.400. The van der Waals surface area contributed by atoms with Crippen LogP contribution in [0.15, 0.2) is 30.4 Å². The SMILES string of the molecule is Oc1cccc(O)c1CC1CC2C=CC1C2. The third-order valence-corrected chi connectivity index (χ3v) is 4.01. The number of fused-ring (bicyclic) bond motifs is 2. The van der Waals surface area contributed by atoms with Gasteiger partial charge in [0.1, 0.15) is 11.5 Å². The van der Waals surface area contributed by atoms with Crippen LogP contribution in [0.5, 0.6) is 11.5 Å². The second-order valence-electron chi connectivity index (χ2n) is 5.02. The number of rotatable bonds is 2. The van der Waals surface area contributed by atoms with Crippen molar-refractivity contribution in [3.8, 4) is 11.5 Å². The number of aromatic hydroxyl groups is 2. The summed E-state index contributed by atoms with van der Waals surface area (Å²) >= 11 is 0. The van der Waals surface area contributed by atoms with Crippen LogP contribution in [-0.2, 0) is 6.42 Å². The predicted molar refractivity (Wildman–Crippen MR) is 62.3 cm³/mol. The van der Waals surface area contributed by atoms with Crippen molar-refractivity contribution in [1.29, 1.82) is 0 Å². The highest BCUT2D eigenvalue weighted by molar-refractivity contribution is 5.43. The van der Waals surface area contributed by atoms with Crippen LogP contribution in [0.25, 0.3) is 0 Å². The first-order valence-electron chi connectivity index (χ1n) is 5.92. The van der Waals surface area contributed by atoms with Crippen LogP contribution in [0.1, 0.15) is 18.4 Å². The average molecular weight is 216 g/mol. The minimum absolute atomic E-state index is 0.228. The number of phenols is 2. The summed E-state index contributed by atoms with van der Waals surface area (Å²) in [6, 6.07) is 4.98. The topological polar surface area (TPSA) is 40.5 Å². The number of benzene rings is 1. The fraction of sp³-hybridized carbons (Fsp3) is 0.429. The second kappa shape index (κ2) is 3.55. The Hall–Kier alpha value is -1.44. The third-order valence-electron chi connectivity index (χ3n) is 4.01. The Morgan fingerprint density at radius 2 is 1.81 bits per heavy atom. The summed E-state index contributed by atoms with van der Waals surface area (Å²) in [4.78, 5) is 0. The molecule has 0 radical (unpaired) electrons. The molecule has 1 aromatic rings. The Balaban J connectivity index is 1.82. The van der Waals surface area contributed by atoms with Gasteiger partial charge >= 0.3 is 0 Å². The van der Waals surface area contributed by atoms with E-state index in [0.29, 0.717) is 17.4 Å². The zero-order valence-corrected chi connectivity index (χ0v) is 9.13. The van der Waals surface area contributed by atoms with Crippen molar-refractivity contribution in [3.05, 3.63) is 35.9 Å². The first-order valence-corrected chi connectivity index (χ1v) is 5.92. The first kappa shape index (κ1) is 9.76. The van der Waals surface area contributed by atoms with E-state index in [1.807, 2.05) is 0 Å². The van der Waals surface area contributed by atoms with Gasteiger partial charge in [0.05, 0.1) is 0 Å². The van der Waals surface area contributed by atoms with E-state index >= 15 is 0 Å². The van der Waals surface area contributed by atoms with Crippen LogP contribution in [0.4, 0.5) is 0 Å². The molecule has 16 heavy (non-hydrogen) atoms. The zero-order chi connectivity index (χ0) is 11.1. The summed E-state index contributed by atoms with van der Waals surface area (Å²) in [5.41, 5.74) is 0.716. The van der Waals surface area contributed by atoms with E-state index < -0.39 is 0 Å².